The lowest BCUT2D eigenvalue weighted by molar-refractivity contribution is -0.115. The highest BCUT2D eigenvalue weighted by Crippen LogP contribution is 2.29. The molecule has 1 fully saturated rings. The Morgan fingerprint density at radius 1 is 1.23 bits per heavy atom. The summed E-state index contributed by atoms with van der Waals surface area (Å²) < 4.78 is 0. The summed E-state index contributed by atoms with van der Waals surface area (Å²) in [7, 11) is 0. The van der Waals surface area contributed by atoms with Crippen molar-refractivity contribution in [2.75, 3.05) is 24.5 Å². The third-order valence-corrected chi connectivity index (χ3v) is 6.13. The number of carbonyl (C=O) groups is 1. The van der Waals surface area contributed by atoms with Crippen LogP contribution in [0.4, 0.5) is 5.82 Å². The van der Waals surface area contributed by atoms with Gasteiger partial charge in [0.05, 0.1) is 0 Å². The number of nitrogens with one attached hydrogen (secondary N) is 1. The summed E-state index contributed by atoms with van der Waals surface area (Å²) >= 11 is 6.32. The summed E-state index contributed by atoms with van der Waals surface area (Å²) in [5.41, 5.74) is 9.38. The zero-order valence-electron chi connectivity index (χ0n) is 20.5. The highest BCUT2D eigenvalue weighted by molar-refractivity contribution is 6.31. The van der Waals surface area contributed by atoms with Crippen LogP contribution in [0.3, 0.4) is 0 Å². The van der Waals surface area contributed by atoms with Gasteiger partial charge >= 0.3 is 0 Å². The molecule has 1 aliphatic rings. The van der Waals surface area contributed by atoms with Crippen molar-refractivity contribution in [3.8, 4) is 23.2 Å². The SMILES string of the molecule is CC.Cc1ccc(-c2ncc(CNC(=O)C#Cc3ccccc3)c(N3CCC(CN)C3)n2)cc1Cl. The molecule has 1 atom stereocenters. The number of aryl methyl sites for hydroxylation is 1. The number of hydrogen-bond acceptors (Lipinski definition) is 5. The molecule has 2 aromatic carbocycles. The summed E-state index contributed by atoms with van der Waals surface area (Å²) in [5, 5.41) is 3.55. The fourth-order valence-corrected chi connectivity index (χ4v) is 3.94. The van der Waals surface area contributed by atoms with Crippen LogP contribution in [0, 0.1) is 24.7 Å². The summed E-state index contributed by atoms with van der Waals surface area (Å²) in [6, 6.07) is 15.2. The molecule has 4 rings (SSSR count). The van der Waals surface area contributed by atoms with Gasteiger partial charge < -0.3 is 16.0 Å². The van der Waals surface area contributed by atoms with Crippen molar-refractivity contribution in [3.63, 3.8) is 0 Å². The van der Waals surface area contributed by atoms with Crippen LogP contribution in [0.15, 0.2) is 54.7 Å². The Bertz CT molecular complexity index is 1200. The lowest BCUT2D eigenvalue weighted by atomic mass is 10.1. The summed E-state index contributed by atoms with van der Waals surface area (Å²) in [6.07, 6.45) is 2.78. The molecule has 2 heterocycles. The fraction of sp³-hybridized carbons (Fsp3) is 0.321. The minimum absolute atomic E-state index is 0.288. The largest absolute Gasteiger partial charge is 0.356 e. The highest BCUT2D eigenvalue weighted by atomic mass is 35.5. The molecule has 0 aliphatic carbocycles. The molecular weight excluding hydrogens is 458 g/mol. The molecule has 3 aromatic rings. The van der Waals surface area contributed by atoms with Crippen LogP contribution in [0.2, 0.25) is 5.02 Å². The average molecular weight is 490 g/mol. The molecule has 0 bridgehead atoms. The van der Waals surface area contributed by atoms with Crippen LogP contribution in [0.5, 0.6) is 0 Å². The minimum Gasteiger partial charge on any atom is -0.356 e. The first-order chi connectivity index (χ1) is 17.0. The van der Waals surface area contributed by atoms with Gasteiger partial charge in [0.1, 0.15) is 5.82 Å². The maximum Gasteiger partial charge on any atom is 0.296 e. The van der Waals surface area contributed by atoms with Crippen molar-refractivity contribution in [1.82, 2.24) is 15.3 Å². The van der Waals surface area contributed by atoms with E-state index in [1.165, 1.54) is 0 Å². The molecule has 0 saturated carbocycles. The molecule has 0 radical (unpaired) electrons. The maximum absolute atomic E-state index is 12.3. The van der Waals surface area contributed by atoms with Gasteiger partial charge in [0.25, 0.3) is 5.91 Å². The lowest BCUT2D eigenvalue weighted by Gasteiger charge is -2.21. The molecule has 1 saturated heterocycles. The monoisotopic (exact) mass is 489 g/mol. The van der Waals surface area contributed by atoms with Gasteiger partial charge in [0, 0.05) is 53.5 Å². The van der Waals surface area contributed by atoms with Gasteiger partial charge in [-0.2, -0.15) is 0 Å². The van der Waals surface area contributed by atoms with Crippen LogP contribution >= 0.6 is 11.6 Å². The molecule has 1 unspecified atom stereocenters. The van der Waals surface area contributed by atoms with Gasteiger partial charge in [0.15, 0.2) is 5.82 Å². The van der Waals surface area contributed by atoms with Crippen molar-refractivity contribution >= 4 is 23.3 Å². The Labute approximate surface area is 212 Å². The summed E-state index contributed by atoms with van der Waals surface area (Å²) in [6.45, 7) is 8.58. The van der Waals surface area contributed by atoms with Crippen molar-refractivity contribution in [1.29, 1.82) is 0 Å². The minimum atomic E-state index is -0.347. The number of halogens is 1. The third-order valence-electron chi connectivity index (χ3n) is 5.72. The molecule has 1 amide bonds. The van der Waals surface area contributed by atoms with Gasteiger partial charge in [-0.3, -0.25) is 4.79 Å². The quantitative estimate of drug-likeness (QED) is 0.512. The summed E-state index contributed by atoms with van der Waals surface area (Å²) in [5.74, 6) is 7.00. The van der Waals surface area contributed by atoms with Gasteiger partial charge in [0.2, 0.25) is 0 Å². The van der Waals surface area contributed by atoms with E-state index in [0.29, 0.717) is 23.3 Å². The molecular formula is C28H32ClN5O. The smallest absolute Gasteiger partial charge is 0.296 e. The van der Waals surface area contributed by atoms with Crippen LogP contribution in [-0.2, 0) is 11.3 Å². The first-order valence-electron chi connectivity index (χ1n) is 12.0. The predicted octanol–water partition coefficient (Wildman–Crippen LogP) is 4.58. The fourth-order valence-electron chi connectivity index (χ4n) is 3.75. The Kier molecular flexibility index (Phi) is 9.66. The topological polar surface area (TPSA) is 84.1 Å². The van der Waals surface area contributed by atoms with E-state index in [2.05, 4.69) is 27.0 Å². The second-order valence-electron chi connectivity index (χ2n) is 8.14. The molecule has 7 heteroatoms. The van der Waals surface area contributed by atoms with E-state index < -0.39 is 0 Å². The van der Waals surface area contributed by atoms with E-state index in [1.54, 1.807) is 6.20 Å². The number of anilines is 1. The van der Waals surface area contributed by atoms with Crippen molar-refractivity contribution < 1.29 is 4.79 Å². The van der Waals surface area contributed by atoms with Crippen LogP contribution < -0.4 is 16.0 Å². The number of amides is 1. The molecule has 0 spiro atoms. The number of nitrogens with zero attached hydrogens (tertiary/aromatic N) is 3. The Balaban J connectivity index is 0.00000167. The van der Waals surface area contributed by atoms with Gasteiger partial charge in [-0.05, 0) is 49.6 Å². The highest BCUT2D eigenvalue weighted by Gasteiger charge is 2.25. The second kappa shape index (κ2) is 12.9. The number of rotatable bonds is 5. The molecule has 1 aliphatic heterocycles. The Morgan fingerprint density at radius 2 is 2.00 bits per heavy atom. The predicted molar refractivity (Wildman–Crippen MR) is 143 cm³/mol. The molecule has 1 aromatic heterocycles. The van der Waals surface area contributed by atoms with Gasteiger partial charge in [-0.1, -0.05) is 61.7 Å². The molecule has 182 valence electrons. The van der Waals surface area contributed by atoms with E-state index in [1.807, 2.05) is 69.3 Å². The van der Waals surface area contributed by atoms with E-state index in [0.717, 1.165) is 47.6 Å². The van der Waals surface area contributed by atoms with Crippen molar-refractivity contribution in [3.05, 3.63) is 76.4 Å². The standard InChI is InChI=1S/C26H26ClN5O.C2H6/c1-18-7-9-21(13-23(18)27)25-30-16-22(26(31-25)32-12-11-20(14-28)17-32)15-29-24(33)10-8-19-5-3-2-4-6-19;1-2/h2-7,9,13,16,20H,11-12,14-15,17,28H2,1H3,(H,29,33);1-2H3. The first kappa shape index (κ1) is 26.2. The van der Waals surface area contributed by atoms with Gasteiger partial charge in [-0.25, -0.2) is 9.97 Å². The van der Waals surface area contributed by atoms with E-state index >= 15 is 0 Å². The zero-order chi connectivity index (χ0) is 25.2. The number of carbonyl (C=O) groups excluding carboxylic acids is 1. The Morgan fingerprint density at radius 3 is 2.69 bits per heavy atom. The maximum atomic E-state index is 12.3. The zero-order valence-corrected chi connectivity index (χ0v) is 21.3. The number of hydrogen-bond donors (Lipinski definition) is 2. The first-order valence-corrected chi connectivity index (χ1v) is 12.3. The number of benzene rings is 2. The van der Waals surface area contributed by atoms with Crippen LogP contribution in [-0.4, -0.2) is 35.5 Å². The van der Waals surface area contributed by atoms with E-state index in [4.69, 9.17) is 22.3 Å². The van der Waals surface area contributed by atoms with E-state index in [9.17, 15) is 4.79 Å². The van der Waals surface area contributed by atoms with E-state index in [-0.39, 0.29) is 12.5 Å². The molecule has 3 N–H and O–H groups in total. The molecule has 6 nitrogen and oxygen atoms in total. The second-order valence-corrected chi connectivity index (χ2v) is 8.55. The summed E-state index contributed by atoms with van der Waals surface area (Å²) in [4.78, 5) is 23.9. The number of nitrogens with two attached hydrogens (primary N) is 1. The normalized spacial score (nSPS) is 14.4. The van der Waals surface area contributed by atoms with Gasteiger partial charge in [-0.15, -0.1) is 0 Å². The Hall–Kier alpha value is -3.40. The average Bonchev–Trinajstić information content (AvgIpc) is 3.39. The lowest BCUT2D eigenvalue weighted by Crippen LogP contribution is -2.27. The van der Waals surface area contributed by atoms with Crippen LogP contribution in [0.25, 0.3) is 11.4 Å². The van der Waals surface area contributed by atoms with Crippen molar-refractivity contribution in [2.24, 2.45) is 11.7 Å². The van der Waals surface area contributed by atoms with Crippen molar-refractivity contribution in [2.45, 2.75) is 33.7 Å². The molecule has 35 heavy (non-hydrogen) atoms. The third kappa shape index (κ3) is 7.05. The number of aromatic nitrogens is 2. The van der Waals surface area contributed by atoms with Crippen LogP contribution in [0.1, 0.15) is 37.0 Å².